The smallest absolute Gasteiger partial charge is 0.319 e. The highest BCUT2D eigenvalue weighted by molar-refractivity contribution is 8.00. The van der Waals surface area contributed by atoms with Crippen molar-refractivity contribution in [3.05, 3.63) is 60.7 Å². The highest BCUT2D eigenvalue weighted by Gasteiger charge is 2.51. The molecule has 2 amide bonds. The van der Waals surface area contributed by atoms with E-state index in [4.69, 9.17) is 9.47 Å². The predicted octanol–water partition coefficient (Wildman–Crippen LogP) is 2.45. The molecule has 2 heterocycles. The molecule has 4 rings (SSSR count). The van der Waals surface area contributed by atoms with Gasteiger partial charge in [0.05, 0.1) is 24.0 Å². The molecule has 2 aliphatic heterocycles. The van der Waals surface area contributed by atoms with Crippen LogP contribution in [0.1, 0.15) is 0 Å². The zero-order chi connectivity index (χ0) is 17.9. The molecule has 7 heteroatoms. The fourth-order valence-corrected chi connectivity index (χ4v) is 4.38. The Bertz CT molecular complexity index is 746. The molecule has 136 valence electrons. The fraction of sp³-hybridized carbons (Fsp3) is 0.316. The molecule has 0 spiro atoms. The lowest BCUT2D eigenvalue weighted by Gasteiger charge is -2.38. The summed E-state index contributed by atoms with van der Waals surface area (Å²) in [5, 5.41) is 16.2. The van der Waals surface area contributed by atoms with Crippen molar-refractivity contribution in [2.24, 2.45) is 0 Å². The van der Waals surface area contributed by atoms with Crippen molar-refractivity contribution in [2.75, 3.05) is 11.9 Å². The van der Waals surface area contributed by atoms with Gasteiger partial charge in [-0.25, -0.2) is 4.79 Å². The Morgan fingerprint density at radius 1 is 1.08 bits per heavy atom. The second-order valence-electron chi connectivity index (χ2n) is 6.25. The lowest BCUT2D eigenvalue weighted by atomic mass is 10.00. The number of fused-ring (bicyclic) bond motifs is 2. The van der Waals surface area contributed by atoms with Crippen molar-refractivity contribution in [3.8, 4) is 0 Å². The first-order valence-corrected chi connectivity index (χ1v) is 9.38. The second kappa shape index (κ2) is 7.67. The molecule has 6 nitrogen and oxygen atoms in total. The van der Waals surface area contributed by atoms with Gasteiger partial charge in [-0.2, -0.15) is 0 Å². The van der Waals surface area contributed by atoms with Gasteiger partial charge in [0.15, 0.2) is 6.29 Å². The molecule has 26 heavy (non-hydrogen) atoms. The van der Waals surface area contributed by atoms with Crippen molar-refractivity contribution in [1.29, 1.82) is 0 Å². The number of aliphatic hydroxyl groups is 1. The number of thioether (sulfide) groups is 1. The summed E-state index contributed by atoms with van der Waals surface area (Å²) in [7, 11) is 0. The first-order chi connectivity index (χ1) is 12.7. The van der Waals surface area contributed by atoms with E-state index in [2.05, 4.69) is 10.6 Å². The van der Waals surface area contributed by atoms with Crippen LogP contribution in [0.3, 0.4) is 0 Å². The number of para-hydroxylation sites is 1. The van der Waals surface area contributed by atoms with Gasteiger partial charge in [-0.15, -0.1) is 11.8 Å². The first kappa shape index (κ1) is 17.4. The number of benzene rings is 2. The standard InChI is InChI=1S/C19H20N2O4S/c22-16-15(21-19(23)20-12-7-3-1-4-8-12)14-11-24-18(25-14)17(16)26-13-9-5-2-6-10-13/h1-10,14-18,22H,11H2,(H2,20,21,23). The van der Waals surface area contributed by atoms with Crippen LogP contribution in [-0.2, 0) is 9.47 Å². The third-order valence-electron chi connectivity index (χ3n) is 4.45. The van der Waals surface area contributed by atoms with Gasteiger partial charge >= 0.3 is 6.03 Å². The van der Waals surface area contributed by atoms with Gasteiger partial charge in [0.1, 0.15) is 6.10 Å². The Balaban J connectivity index is 1.44. The van der Waals surface area contributed by atoms with Crippen molar-refractivity contribution in [3.63, 3.8) is 0 Å². The van der Waals surface area contributed by atoms with E-state index in [0.717, 1.165) is 4.90 Å². The van der Waals surface area contributed by atoms with Crippen molar-refractivity contribution < 1.29 is 19.4 Å². The molecule has 2 aliphatic rings. The van der Waals surface area contributed by atoms with Gasteiger partial charge in [-0.05, 0) is 24.3 Å². The molecule has 0 aromatic heterocycles. The third kappa shape index (κ3) is 3.71. The van der Waals surface area contributed by atoms with Crippen LogP contribution in [-0.4, -0.2) is 47.5 Å². The number of carbonyl (C=O) groups is 1. The average molecular weight is 372 g/mol. The lowest BCUT2D eigenvalue weighted by molar-refractivity contribution is -0.121. The van der Waals surface area contributed by atoms with Crippen molar-refractivity contribution >= 4 is 23.5 Å². The summed E-state index contributed by atoms with van der Waals surface area (Å²) in [5.41, 5.74) is 0.687. The monoisotopic (exact) mass is 372 g/mol. The topological polar surface area (TPSA) is 79.8 Å². The van der Waals surface area contributed by atoms with Crippen LogP contribution in [0.25, 0.3) is 0 Å². The second-order valence-corrected chi connectivity index (χ2v) is 7.50. The number of hydrogen-bond acceptors (Lipinski definition) is 5. The van der Waals surface area contributed by atoms with Gasteiger partial charge in [0.25, 0.3) is 0 Å². The quantitative estimate of drug-likeness (QED) is 0.768. The van der Waals surface area contributed by atoms with E-state index >= 15 is 0 Å². The zero-order valence-corrected chi connectivity index (χ0v) is 14.8. The summed E-state index contributed by atoms with van der Waals surface area (Å²) >= 11 is 1.50. The molecule has 0 radical (unpaired) electrons. The summed E-state index contributed by atoms with van der Waals surface area (Å²) < 4.78 is 11.6. The Morgan fingerprint density at radius 2 is 1.77 bits per heavy atom. The largest absolute Gasteiger partial charge is 0.389 e. The summed E-state index contributed by atoms with van der Waals surface area (Å²) in [5.74, 6) is 0. The number of amides is 2. The van der Waals surface area contributed by atoms with Crippen LogP contribution < -0.4 is 10.6 Å². The Morgan fingerprint density at radius 3 is 2.50 bits per heavy atom. The molecule has 2 fully saturated rings. The highest BCUT2D eigenvalue weighted by Crippen LogP contribution is 2.38. The number of rotatable bonds is 4. The minimum absolute atomic E-state index is 0.321. The van der Waals surface area contributed by atoms with Crippen molar-refractivity contribution in [2.45, 2.75) is 34.7 Å². The van der Waals surface area contributed by atoms with Gasteiger partial charge in [-0.3, -0.25) is 0 Å². The van der Waals surface area contributed by atoms with E-state index in [9.17, 15) is 9.90 Å². The number of ether oxygens (including phenoxy) is 2. The molecule has 0 saturated carbocycles. The Hall–Kier alpha value is -2.06. The minimum atomic E-state index is -0.784. The van der Waals surface area contributed by atoms with Gasteiger partial charge < -0.3 is 25.2 Å². The number of anilines is 1. The number of hydrogen-bond donors (Lipinski definition) is 3. The van der Waals surface area contributed by atoms with Crippen molar-refractivity contribution in [1.82, 2.24) is 5.32 Å². The Kier molecular flexibility index (Phi) is 5.12. The van der Waals surface area contributed by atoms with Crippen LogP contribution in [0.2, 0.25) is 0 Å². The van der Waals surface area contributed by atoms with Crippen LogP contribution in [0, 0.1) is 0 Å². The maximum atomic E-state index is 12.3. The average Bonchev–Trinajstić information content (AvgIpc) is 3.10. The summed E-state index contributed by atoms with van der Waals surface area (Å²) in [6.45, 7) is 0.351. The molecule has 5 atom stereocenters. The summed E-state index contributed by atoms with van der Waals surface area (Å²) in [4.78, 5) is 13.3. The number of nitrogens with one attached hydrogen (secondary N) is 2. The fourth-order valence-electron chi connectivity index (χ4n) is 3.19. The van der Waals surface area contributed by atoms with Crippen LogP contribution in [0.4, 0.5) is 10.5 Å². The van der Waals surface area contributed by atoms with Gasteiger partial charge in [0.2, 0.25) is 0 Å². The SMILES string of the molecule is O=C(Nc1ccccc1)NC1C2COC(O2)C(Sc2ccccc2)C1O. The molecule has 2 aromatic rings. The Labute approximate surface area is 155 Å². The number of aliphatic hydroxyl groups excluding tert-OH is 1. The third-order valence-corrected chi connectivity index (χ3v) is 5.77. The molecule has 3 N–H and O–H groups in total. The minimum Gasteiger partial charge on any atom is -0.389 e. The molecular formula is C19H20N2O4S. The first-order valence-electron chi connectivity index (χ1n) is 8.50. The lowest BCUT2D eigenvalue weighted by Crippen LogP contribution is -2.60. The summed E-state index contributed by atoms with van der Waals surface area (Å²) in [6.07, 6.45) is -1.62. The molecule has 0 aliphatic carbocycles. The molecule has 5 unspecified atom stereocenters. The number of carbonyl (C=O) groups excluding carboxylic acids is 1. The maximum absolute atomic E-state index is 12.3. The zero-order valence-electron chi connectivity index (χ0n) is 13.9. The van der Waals surface area contributed by atoms with E-state index in [1.165, 1.54) is 11.8 Å². The molecule has 2 saturated heterocycles. The van der Waals surface area contributed by atoms with Crippen LogP contribution in [0.15, 0.2) is 65.6 Å². The van der Waals surface area contributed by atoms with E-state index in [1.807, 2.05) is 48.5 Å². The molecule has 2 bridgehead atoms. The summed E-state index contributed by atoms with van der Waals surface area (Å²) in [6, 6.07) is 18.0. The van der Waals surface area contributed by atoms with Crippen LogP contribution >= 0.6 is 11.8 Å². The molecular weight excluding hydrogens is 352 g/mol. The normalized spacial score (nSPS) is 30.0. The maximum Gasteiger partial charge on any atom is 0.319 e. The van der Waals surface area contributed by atoms with Crippen LogP contribution in [0.5, 0.6) is 0 Å². The van der Waals surface area contributed by atoms with Gasteiger partial charge in [-0.1, -0.05) is 36.4 Å². The molecule has 2 aromatic carbocycles. The predicted molar refractivity (Wildman–Crippen MR) is 99.1 cm³/mol. The number of urea groups is 1. The van der Waals surface area contributed by atoms with E-state index < -0.39 is 18.4 Å². The van der Waals surface area contributed by atoms with E-state index in [-0.39, 0.29) is 17.4 Å². The van der Waals surface area contributed by atoms with E-state index in [0.29, 0.717) is 12.3 Å². The van der Waals surface area contributed by atoms with Gasteiger partial charge in [0, 0.05) is 10.6 Å². The highest BCUT2D eigenvalue weighted by atomic mass is 32.2. The van der Waals surface area contributed by atoms with E-state index in [1.54, 1.807) is 12.1 Å².